The van der Waals surface area contributed by atoms with Gasteiger partial charge >= 0.3 is 0 Å². The molecule has 2 heteroatoms. The molecule has 0 spiro atoms. The monoisotopic (exact) mass is 238 g/mol. The van der Waals surface area contributed by atoms with Crippen LogP contribution in [0.15, 0.2) is 12.2 Å². The van der Waals surface area contributed by atoms with E-state index >= 15 is 0 Å². The summed E-state index contributed by atoms with van der Waals surface area (Å²) in [5.41, 5.74) is 3.46. The van der Waals surface area contributed by atoms with Crippen LogP contribution < -0.4 is 0 Å². The number of ether oxygens (including phenoxy) is 1. The number of rotatable bonds is 4. The zero-order valence-corrected chi connectivity index (χ0v) is 12.7. The Kier molecular flexibility index (Phi) is 6.70. The predicted molar refractivity (Wildman–Crippen MR) is 75.2 cm³/mol. The minimum absolute atomic E-state index is 0.351. The highest BCUT2D eigenvalue weighted by Crippen LogP contribution is 2.34. The molecule has 16 heavy (non-hydrogen) atoms. The molecule has 0 unspecified atom stereocenters. The number of allylic oxidation sites excluding steroid dienone is 2. The second-order valence-corrected chi connectivity index (χ2v) is 10.7. The molecule has 0 N–H and O–H groups in total. The average molecular weight is 238 g/mol. The van der Waals surface area contributed by atoms with Gasteiger partial charge < -0.3 is 4.74 Å². The molecule has 0 radical (unpaired) electrons. The lowest BCUT2D eigenvalue weighted by atomic mass is 10.2. The molecule has 0 aromatic rings. The van der Waals surface area contributed by atoms with Crippen molar-refractivity contribution >= 4 is 8.07 Å². The molecule has 0 amide bonds. The first-order chi connectivity index (χ1) is 7.31. The van der Waals surface area contributed by atoms with Crippen LogP contribution in [-0.2, 0) is 4.74 Å². The van der Waals surface area contributed by atoms with E-state index in [9.17, 15) is 0 Å². The van der Waals surface area contributed by atoms with Gasteiger partial charge in [-0.25, -0.2) is 0 Å². The van der Waals surface area contributed by atoms with E-state index < -0.39 is 8.07 Å². The Morgan fingerprint density at radius 3 is 2.38 bits per heavy atom. The lowest BCUT2D eigenvalue weighted by molar-refractivity contribution is 0.196. The maximum absolute atomic E-state index is 4.98. The summed E-state index contributed by atoms with van der Waals surface area (Å²) in [6, 6.07) is 0. The lowest BCUT2D eigenvalue weighted by Gasteiger charge is -2.31. The summed E-state index contributed by atoms with van der Waals surface area (Å²) in [7, 11) is 0.320. The molecular weight excluding hydrogens is 212 g/mol. The second kappa shape index (κ2) is 6.93. The van der Waals surface area contributed by atoms with Gasteiger partial charge in [0.05, 0.1) is 0 Å². The summed E-state index contributed by atoms with van der Waals surface area (Å²) in [5.74, 6) is 3.20. The first-order valence-corrected chi connectivity index (χ1v) is 8.98. The summed E-state index contributed by atoms with van der Waals surface area (Å²) >= 11 is 0. The van der Waals surface area contributed by atoms with Gasteiger partial charge in [-0.1, -0.05) is 45.9 Å². The maximum atomic E-state index is 4.98. The first kappa shape index (κ1) is 15.5. The molecule has 0 aliphatic carbocycles. The molecule has 0 aromatic heterocycles. The van der Waals surface area contributed by atoms with Crippen LogP contribution in [0.25, 0.3) is 0 Å². The molecular formula is C14H26OSi. The lowest BCUT2D eigenvalue weighted by Crippen LogP contribution is -2.35. The smallest absolute Gasteiger partial charge is 0.138 e. The molecule has 0 bridgehead atoms. The molecule has 0 rings (SSSR count). The molecule has 0 saturated heterocycles. The molecule has 0 aliphatic rings. The van der Waals surface area contributed by atoms with Crippen molar-refractivity contribution in [2.24, 2.45) is 0 Å². The normalized spacial score (nSPS) is 12.6. The number of hydrogen-bond acceptors (Lipinski definition) is 1. The van der Waals surface area contributed by atoms with Gasteiger partial charge in [-0.2, -0.15) is 0 Å². The molecule has 0 saturated carbocycles. The van der Waals surface area contributed by atoms with Gasteiger partial charge in [-0.15, -0.1) is 5.54 Å². The fourth-order valence-corrected chi connectivity index (χ4v) is 1.72. The third kappa shape index (κ3) is 6.15. The number of unbranched alkanes of at least 4 members (excludes halogenated alkanes) is 1. The standard InChI is InChI=1S/C14H26OSi/c1-14(2,3)16(5,6)13-11-9-7-8-10-12-15-4/h7,9H,8,10,12H2,1-6H3/b9-7+. The van der Waals surface area contributed by atoms with Crippen LogP contribution >= 0.6 is 0 Å². The highest BCUT2D eigenvalue weighted by atomic mass is 28.3. The summed E-state index contributed by atoms with van der Waals surface area (Å²) < 4.78 is 4.98. The van der Waals surface area contributed by atoms with Gasteiger partial charge in [-0.3, -0.25) is 0 Å². The maximum Gasteiger partial charge on any atom is 0.138 e. The zero-order valence-electron chi connectivity index (χ0n) is 11.7. The van der Waals surface area contributed by atoms with Crippen LogP contribution in [0.1, 0.15) is 33.6 Å². The zero-order chi connectivity index (χ0) is 12.7. The minimum Gasteiger partial charge on any atom is -0.385 e. The van der Waals surface area contributed by atoms with Gasteiger partial charge in [-0.05, 0) is 24.0 Å². The van der Waals surface area contributed by atoms with Gasteiger partial charge in [0.2, 0.25) is 0 Å². The quantitative estimate of drug-likeness (QED) is 0.408. The van der Waals surface area contributed by atoms with E-state index in [1.165, 1.54) is 0 Å². The predicted octanol–water partition coefficient (Wildman–Crippen LogP) is 4.02. The molecule has 0 aliphatic heterocycles. The third-order valence-corrected chi connectivity index (χ3v) is 7.70. The van der Waals surface area contributed by atoms with Crippen LogP contribution in [0.4, 0.5) is 0 Å². The van der Waals surface area contributed by atoms with E-state index in [1.807, 2.05) is 6.08 Å². The molecule has 0 aromatic carbocycles. The van der Waals surface area contributed by atoms with Crippen molar-refractivity contribution in [3.63, 3.8) is 0 Å². The molecule has 0 heterocycles. The van der Waals surface area contributed by atoms with E-state index in [-0.39, 0.29) is 0 Å². The Morgan fingerprint density at radius 1 is 1.25 bits per heavy atom. The Balaban J connectivity index is 4.10. The van der Waals surface area contributed by atoms with Crippen molar-refractivity contribution in [1.82, 2.24) is 0 Å². The van der Waals surface area contributed by atoms with Crippen molar-refractivity contribution in [2.75, 3.05) is 13.7 Å². The van der Waals surface area contributed by atoms with Crippen LogP contribution in [0.5, 0.6) is 0 Å². The Morgan fingerprint density at radius 2 is 1.88 bits per heavy atom. The van der Waals surface area contributed by atoms with Crippen molar-refractivity contribution in [2.45, 2.75) is 51.7 Å². The van der Waals surface area contributed by atoms with Gasteiger partial charge in [0, 0.05) is 13.7 Å². The largest absolute Gasteiger partial charge is 0.385 e. The van der Waals surface area contributed by atoms with Crippen molar-refractivity contribution < 1.29 is 4.74 Å². The summed E-state index contributed by atoms with van der Waals surface area (Å²) in [6.07, 6.45) is 6.27. The minimum atomic E-state index is -1.42. The van der Waals surface area contributed by atoms with Crippen molar-refractivity contribution in [3.05, 3.63) is 12.2 Å². The van der Waals surface area contributed by atoms with Gasteiger partial charge in [0.1, 0.15) is 8.07 Å². The Labute approximate surface area is 102 Å². The first-order valence-electron chi connectivity index (χ1n) is 5.98. The van der Waals surface area contributed by atoms with Crippen molar-refractivity contribution in [1.29, 1.82) is 0 Å². The van der Waals surface area contributed by atoms with Crippen LogP contribution in [0.3, 0.4) is 0 Å². The second-order valence-electron chi connectivity index (χ2n) is 5.68. The summed E-state index contributed by atoms with van der Waals surface area (Å²) in [5, 5.41) is 0.351. The van der Waals surface area contributed by atoms with E-state index in [0.717, 1.165) is 19.4 Å². The van der Waals surface area contributed by atoms with Crippen LogP contribution in [-0.4, -0.2) is 21.8 Å². The van der Waals surface area contributed by atoms with Crippen molar-refractivity contribution in [3.8, 4) is 11.5 Å². The Hall–Kier alpha value is -0.523. The fraction of sp³-hybridized carbons (Fsp3) is 0.714. The van der Waals surface area contributed by atoms with E-state index in [2.05, 4.69) is 51.4 Å². The molecule has 0 atom stereocenters. The van der Waals surface area contributed by atoms with Gasteiger partial charge in [0.15, 0.2) is 0 Å². The molecule has 0 fully saturated rings. The van der Waals surface area contributed by atoms with Crippen LogP contribution in [0, 0.1) is 11.5 Å². The highest BCUT2D eigenvalue weighted by molar-refractivity contribution is 6.87. The van der Waals surface area contributed by atoms with E-state index in [0.29, 0.717) is 5.04 Å². The van der Waals surface area contributed by atoms with Crippen LogP contribution in [0.2, 0.25) is 18.1 Å². The molecule has 1 nitrogen and oxygen atoms in total. The topological polar surface area (TPSA) is 9.23 Å². The fourth-order valence-electron chi connectivity index (χ4n) is 0.897. The summed E-state index contributed by atoms with van der Waals surface area (Å²) in [4.78, 5) is 0. The third-order valence-electron chi connectivity index (χ3n) is 3.18. The van der Waals surface area contributed by atoms with E-state index in [1.54, 1.807) is 7.11 Å². The summed E-state index contributed by atoms with van der Waals surface area (Å²) in [6.45, 7) is 12.4. The molecule has 92 valence electrons. The average Bonchev–Trinajstić information content (AvgIpc) is 2.14. The number of hydrogen-bond donors (Lipinski definition) is 0. The van der Waals surface area contributed by atoms with Gasteiger partial charge in [0.25, 0.3) is 0 Å². The number of methoxy groups -OCH3 is 1. The van der Waals surface area contributed by atoms with E-state index in [4.69, 9.17) is 4.74 Å². The SMILES string of the molecule is COCCC/C=C/C#C[Si](C)(C)C(C)(C)C. The highest BCUT2D eigenvalue weighted by Gasteiger charge is 2.33. The Bertz CT molecular complexity index is 273.